The van der Waals surface area contributed by atoms with Crippen LogP contribution in [0.25, 0.3) is 44.7 Å². The summed E-state index contributed by atoms with van der Waals surface area (Å²) in [5.74, 6) is 1.25. The van der Waals surface area contributed by atoms with E-state index in [1.807, 2.05) is 57.0 Å². The number of fused-ring (bicyclic) bond motifs is 5. The van der Waals surface area contributed by atoms with Gasteiger partial charge in [0.05, 0.1) is 72.9 Å². The maximum atomic E-state index is 16.6. The number of aliphatic hydroxyl groups is 1. The largest absolute Gasteiger partial charge is 0.469 e. The van der Waals surface area contributed by atoms with E-state index in [1.165, 1.54) is 20.3 Å². The quantitative estimate of drug-likeness (QED) is 0.0844. The zero-order chi connectivity index (χ0) is 44.3. The van der Waals surface area contributed by atoms with Gasteiger partial charge in [0.2, 0.25) is 5.91 Å². The molecule has 6 unspecified atom stereocenters. The van der Waals surface area contributed by atoms with Crippen LogP contribution in [0.5, 0.6) is 5.75 Å². The van der Waals surface area contributed by atoms with Crippen LogP contribution in [0.4, 0.5) is 14.0 Å². The van der Waals surface area contributed by atoms with Gasteiger partial charge in [0.15, 0.2) is 6.23 Å². The third kappa shape index (κ3) is 7.89. The second-order valence-electron chi connectivity index (χ2n) is 18.0. The molecule has 16 nitrogen and oxygen atoms in total. The fourth-order valence-corrected chi connectivity index (χ4v) is 9.70. The second kappa shape index (κ2) is 17.0. The predicted octanol–water partition coefficient (Wildman–Crippen LogP) is 7.41. The van der Waals surface area contributed by atoms with Crippen molar-refractivity contribution in [1.29, 1.82) is 0 Å². The van der Waals surface area contributed by atoms with Crippen molar-refractivity contribution < 1.29 is 38.1 Å². The lowest BCUT2D eigenvalue weighted by Crippen LogP contribution is -2.54. The Bertz CT molecular complexity index is 2530. The molecule has 334 valence electrons. The van der Waals surface area contributed by atoms with Gasteiger partial charge < -0.3 is 49.4 Å². The molecule has 3 aliphatic heterocycles. The number of hydrogen-bond donors (Lipinski definition) is 5. The van der Waals surface area contributed by atoms with Crippen LogP contribution >= 0.6 is 0 Å². The third-order valence-electron chi connectivity index (χ3n) is 13.2. The predicted molar refractivity (Wildman–Crippen MR) is 232 cm³/mol. The monoisotopic (exact) mass is 865 g/mol. The minimum absolute atomic E-state index is 0.0407. The van der Waals surface area contributed by atoms with Gasteiger partial charge in [0, 0.05) is 35.5 Å². The van der Waals surface area contributed by atoms with Gasteiger partial charge >= 0.3 is 12.2 Å². The summed E-state index contributed by atoms with van der Waals surface area (Å²) in [5, 5.41) is 17.9. The number of alkyl carbamates (subject to hydrolysis) is 2. The van der Waals surface area contributed by atoms with Gasteiger partial charge in [-0.15, -0.1) is 0 Å². The first-order valence-corrected chi connectivity index (χ1v) is 22.0. The fraction of sp³-hybridized carbons (Fsp3) is 0.500. The third-order valence-corrected chi connectivity index (χ3v) is 13.2. The molecule has 2 saturated heterocycles. The molecule has 5 N–H and O–H groups in total. The molecule has 1 saturated carbocycles. The topological polar surface area (TPSA) is 192 Å². The summed E-state index contributed by atoms with van der Waals surface area (Å²) in [7, 11) is 2.58. The smallest absolute Gasteiger partial charge is 0.407 e. The van der Waals surface area contributed by atoms with Crippen LogP contribution in [0.15, 0.2) is 48.8 Å². The average molecular weight is 866 g/mol. The van der Waals surface area contributed by atoms with E-state index in [-0.39, 0.29) is 42.0 Å². The molecule has 3 fully saturated rings. The van der Waals surface area contributed by atoms with E-state index >= 15 is 4.39 Å². The molecule has 63 heavy (non-hydrogen) atoms. The number of rotatable bonds is 12. The average Bonchev–Trinajstić information content (AvgIpc) is 3.85. The fourth-order valence-electron chi connectivity index (χ4n) is 9.70. The van der Waals surface area contributed by atoms with Crippen LogP contribution < -0.4 is 15.4 Å². The van der Waals surface area contributed by atoms with Crippen molar-refractivity contribution in [3.8, 4) is 39.5 Å². The molecule has 6 heterocycles. The van der Waals surface area contributed by atoms with Crippen molar-refractivity contribution in [3.63, 3.8) is 0 Å². The van der Waals surface area contributed by atoms with Crippen molar-refractivity contribution in [2.75, 3.05) is 27.3 Å². The van der Waals surface area contributed by atoms with Gasteiger partial charge in [-0.25, -0.2) is 23.9 Å². The number of amides is 3. The molecular weight excluding hydrogens is 810 g/mol. The summed E-state index contributed by atoms with van der Waals surface area (Å²) in [6, 6.07) is 9.79. The Morgan fingerprint density at radius 2 is 1.51 bits per heavy atom. The highest BCUT2D eigenvalue weighted by atomic mass is 19.1. The van der Waals surface area contributed by atoms with E-state index in [9.17, 15) is 19.5 Å². The first-order valence-electron chi connectivity index (χ1n) is 22.0. The first kappa shape index (κ1) is 42.4. The number of aromatic amines is 2. The molecule has 0 radical (unpaired) electrons. The minimum atomic E-state index is -0.936. The number of aromatic nitrogens is 5. The lowest BCUT2D eigenvalue weighted by atomic mass is 10.0. The highest BCUT2D eigenvalue weighted by Gasteiger charge is 2.42. The van der Waals surface area contributed by atoms with E-state index in [1.54, 1.807) is 11.1 Å². The summed E-state index contributed by atoms with van der Waals surface area (Å²) in [6.45, 7) is 8.83. The number of benzene rings is 2. The number of hydrogen-bond acceptors (Lipinski definition) is 10. The Balaban J connectivity index is 0.981. The number of methoxy groups -OCH3 is 2. The highest BCUT2D eigenvalue weighted by molar-refractivity contribution is 5.92. The molecule has 3 amide bonds. The molecule has 0 bridgehead atoms. The molecule has 9 rings (SSSR count). The second-order valence-corrected chi connectivity index (χ2v) is 18.0. The number of nitrogens with zero attached hydrogens (tertiary/aromatic N) is 5. The lowest BCUT2D eigenvalue weighted by molar-refractivity contribution is -0.135. The number of carbonyl (C=O) groups excluding carboxylic acids is 3. The Morgan fingerprint density at radius 3 is 2.19 bits per heavy atom. The van der Waals surface area contributed by atoms with Crippen molar-refractivity contribution in [1.82, 2.24) is 44.9 Å². The molecule has 17 heteroatoms. The van der Waals surface area contributed by atoms with Gasteiger partial charge in [-0.1, -0.05) is 33.8 Å². The maximum Gasteiger partial charge on any atom is 0.407 e. The van der Waals surface area contributed by atoms with Gasteiger partial charge in [-0.3, -0.25) is 9.69 Å². The van der Waals surface area contributed by atoms with Crippen LogP contribution in [-0.2, 0) is 14.3 Å². The molecule has 6 atom stereocenters. The van der Waals surface area contributed by atoms with Crippen molar-refractivity contribution in [2.24, 2.45) is 17.8 Å². The SMILES string of the molecule is COC(=O)NC(C(=O)N1CCCC1c1ncc(-c2cc(F)c3c(c2)OC(C2CC2)n2c-3cc3cc(-c4cnc(C5CCCN5C(O)C(NC(=O)OC)C(C)C)[nH]4)ccc32)[nH]1)C(C)C. The van der Waals surface area contributed by atoms with Crippen LogP contribution in [0.3, 0.4) is 0 Å². The number of likely N-dealkylation sites (tertiary alicyclic amines) is 2. The molecular formula is C46H56FN9O7. The number of carbonyl (C=O) groups is 3. The maximum absolute atomic E-state index is 16.6. The summed E-state index contributed by atoms with van der Waals surface area (Å²) < 4.78 is 35.1. The van der Waals surface area contributed by atoms with Gasteiger partial charge in [-0.2, -0.15) is 0 Å². The number of H-pyrrole nitrogens is 2. The van der Waals surface area contributed by atoms with Gasteiger partial charge in [-0.05, 0) is 80.7 Å². The molecule has 2 aromatic carbocycles. The summed E-state index contributed by atoms with van der Waals surface area (Å²) in [6.07, 6.45) is 6.14. The summed E-state index contributed by atoms with van der Waals surface area (Å²) >= 11 is 0. The molecule has 4 aliphatic rings. The normalized spacial score (nSPS) is 21.2. The minimum Gasteiger partial charge on any atom is -0.469 e. The molecule has 5 aromatic rings. The van der Waals surface area contributed by atoms with E-state index in [0.717, 1.165) is 65.8 Å². The van der Waals surface area contributed by atoms with E-state index in [0.29, 0.717) is 47.9 Å². The standard InChI is InChI=1S/C46H56FN9O7/c1-23(2)38(52-45(59)61-5)42(57)54-15-7-9-33(54)40-48-21-30(50-40)26-13-14-32-28(17-26)19-35-37-29(47)18-27(20-36(37)63-44(56(32)35)25-11-12-25)31-22-49-41(51-31)34-10-8-16-55(34)43(58)39(24(3)4)53-46(60)62-6/h13-14,17-25,33-34,38-39,42,44,57H,7-12,15-16H2,1-6H3,(H,48,50)(H,49,51)(H,52,59)(H,53,60). The van der Waals surface area contributed by atoms with Crippen molar-refractivity contribution in [2.45, 2.75) is 103 Å². The Kier molecular flexibility index (Phi) is 11.4. The van der Waals surface area contributed by atoms with Gasteiger partial charge in [0.25, 0.3) is 0 Å². The van der Waals surface area contributed by atoms with Crippen LogP contribution in [-0.4, -0.2) is 103 Å². The Hall–Kier alpha value is -5.94. The Labute approximate surface area is 364 Å². The molecule has 3 aromatic heterocycles. The first-order chi connectivity index (χ1) is 30.3. The zero-order valence-corrected chi connectivity index (χ0v) is 36.5. The summed E-state index contributed by atoms with van der Waals surface area (Å²) in [4.78, 5) is 58.0. The number of aliphatic hydroxyl groups excluding tert-OH is 1. The van der Waals surface area contributed by atoms with Crippen molar-refractivity contribution in [3.05, 3.63) is 66.3 Å². The van der Waals surface area contributed by atoms with Crippen LogP contribution in [0, 0.1) is 23.6 Å². The van der Waals surface area contributed by atoms with Crippen LogP contribution in [0.2, 0.25) is 0 Å². The van der Waals surface area contributed by atoms with Crippen molar-refractivity contribution >= 4 is 29.0 Å². The number of nitrogens with one attached hydrogen (secondary N) is 4. The Morgan fingerprint density at radius 1 is 0.841 bits per heavy atom. The van der Waals surface area contributed by atoms with E-state index in [4.69, 9.17) is 19.2 Å². The number of imidazole rings is 2. The highest BCUT2D eigenvalue weighted by Crippen LogP contribution is 2.52. The van der Waals surface area contributed by atoms with E-state index in [2.05, 4.69) is 42.3 Å². The summed E-state index contributed by atoms with van der Waals surface area (Å²) in [5.41, 5.74) is 5.00. The molecule has 1 aliphatic carbocycles. The van der Waals surface area contributed by atoms with E-state index < -0.39 is 36.3 Å². The molecule has 0 spiro atoms. The lowest BCUT2D eigenvalue weighted by Gasteiger charge is -2.35. The zero-order valence-electron chi connectivity index (χ0n) is 36.5. The number of ether oxygens (including phenoxy) is 3. The van der Waals surface area contributed by atoms with Crippen LogP contribution in [0.1, 0.15) is 96.2 Å². The van der Waals surface area contributed by atoms with Gasteiger partial charge in [0.1, 0.15) is 35.5 Å². The number of halogens is 1.